The molecular formula is C21H20BrN3O. The van der Waals surface area contributed by atoms with Crippen molar-refractivity contribution >= 4 is 38.4 Å². The van der Waals surface area contributed by atoms with Crippen molar-refractivity contribution in [3.8, 4) is 0 Å². The molecule has 26 heavy (non-hydrogen) atoms. The van der Waals surface area contributed by atoms with E-state index in [2.05, 4.69) is 63.5 Å². The van der Waals surface area contributed by atoms with Crippen LogP contribution >= 0.6 is 15.9 Å². The molecule has 1 aromatic heterocycles. The topological polar surface area (TPSA) is 48.1 Å². The van der Waals surface area contributed by atoms with E-state index in [1.54, 1.807) is 0 Å². The zero-order valence-electron chi connectivity index (χ0n) is 14.6. The number of rotatable bonds is 2. The molecule has 1 atom stereocenters. The van der Waals surface area contributed by atoms with Crippen LogP contribution in [0.5, 0.6) is 0 Å². The quantitative estimate of drug-likeness (QED) is 0.669. The Morgan fingerprint density at radius 1 is 1.23 bits per heavy atom. The van der Waals surface area contributed by atoms with Crippen molar-refractivity contribution in [3.05, 3.63) is 63.8 Å². The predicted molar refractivity (Wildman–Crippen MR) is 108 cm³/mol. The normalized spacial score (nSPS) is 21.5. The van der Waals surface area contributed by atoms with Gasteiger partial charge in [0.25, 0.3) is 5.91 Å². The number of hydrogen-bond donors (Lipinski definition) is 2. The van der Waals surface area contributed by atoms with Crippen LogP contribution in [0.1, 0.15) is 30.2 Å². The minimum atomic E-state index is -0.819. The SMILES string of the molecule is CCCN1C(=O)[C@]2(NCCc3c2[nH]c2ccccc32)c2cc(Br)ccc21. The number of para-hydroxylation sites is 1. The Hall–Kier alpha value is -2.11. The van der Waals surface area contributed by atoms with Gasteiger partial charge < -0.3 is 9.88 Å². The largest absolute Gasteiger partial charge is 0.356 e. The van der Waals surface area contributed by atoms with E-state index in [0.717, 1.165) is 52.9 Å². The predicted octanol–water partition coefficient (Wildman–Crippen LogP) is 4.08. The molecular weight excluding hydrogens is 390 g/mol. The lowest BCUT2D eigenvalue weighted by Crippen LogP contribution is -2.55. The summed E-state index contributed by atoms with van der Waals surface area (Å²) >= 11 is 3.60. The minimum absolute atomic E-state index is 0.125. The summed E-state index contributed by atoms with van der Waals surface area (Å²) < 4.78 is 0.992. The number of H-pyrrole nitrogens is 1. The van der Waals surface area contributed by atoms with Crippen LogP contribution in [0.2, 0.25) is 0 Å². The summed E-state index contributed by atoms with van der Waals surface area (Å²) in [6.07, 6.45) is 1.85. The number of benzene rings is 2. The first kappa shape index (κ1) is 16.1. The summed E-state index contributed by atoms with van der Waals surface area (Å²) in [6, 6.07) is 14.5. The van der Waals surface area contributed by atoms with E-state index in [1.807, 2.05) is 17.0 Å². The Labute approximate surface area is 160 Å². The van der Waals surface area contributed by atoms with Gasteiger partial charge in [-0.05, 0) is 42.7 Å². The van der Waals surface area contributed by atoms with Gasteiger partial charge in [-0.1, -0.05) is 41.1 Å². The highest BCUT2D eigenvalue weighted by molar-refractivity contribution is 9.10. The highest BCUT2D eigenvalue weighted by Crippen LogP contribution is 2.48. The first-order valence-electron chi connectivity index (χ1n) is 9.14. The monoisotopic (exact) mass is 409 g/mol. The molecule has 2 aliphatic heterocycles. The Morgan fingerprint density at radius 3 is 2.92 bits per heavy atom. The lowest BCUT2D eigenvalue weighted by Gasteiger charge is -2.34. The average molecular weight is 410 g/mol. The van der Waals surface area contributed by atoms with E-state index in [9.17, 15) is 4.79 Å². The van der Waals surface area contributed by atoms with Crippen molar-refractivity contribution in [1.82, 2.24) is 10.3 Å². The van der Waals surface area contributed by atoms with Gasteiger partial charge in [0.15, 0.2) is 5.54 Å². The third-order valence-electron chi connectivity index (χ3n) is 5.62. The number of amides is 1. The number of nitrogens with one attached hydrogen (secondary N) is 2. The maximum absolute atomic E-state index is 13.7. The summed E-state index contributed by atoms with van der Waals surface area (Å²) in [7, 11) is 0. The van der Waals surface area contributed by atoms with E-state index in [-0.39, 0.29) is 5.91 Å². The third-order valence-corrected chi connectivity index (χ3v) is 6.11. The number of halogens is 1. The Bertz CT molecular complexity index is 1040. The lowest BCUT2D eigenvalue weighted by molar-refractivity contribution is -0.123. The van der Waals surface area contributed by atoms with Crippen molar-refractivity contribution < 1.29 is 4.79 Å². The lowest BCUT2D eigenvalue weighted by atomic mass is 9.82. The number of hydrogen-bond acceptors (Lipinski definition) is 2. The van der Waals surface area contributed by atoms with E-state index >= 15 is 0 Å². The van der Waals surface area contributed by atoms with E-state index < -0.39 is 5.54 Å². The summed E-state index contributed by atoms with van der Waals surface area (Å²) in [5.41, 5.74) is 4.60. The first-order chi connectivity index (χ1) is 12.7. The molecule has 2 aromatic carbocycles. The number of aromatic amines is 1. The molecule has 0 saturated carbocycles. The molecule has 2 aliphatic rings. The number of fused-ring (bicyclic) bond motifs is 6. The number of carbonyl (C=O) groups is 1. The summed E-state index contributed by atoms with van der Waals surface area (Å²) in [4.78, 5) is 19.2. The van der Waals surface area contributed by atoms with E-state index in [0.29, 0.717) is 0 Å². The smallest absolute Gasteiger partial charge is 0.258 e. The fourth-order valence-electron chi connectivity index (χ4n) is 4.57. The molecule has 0 radical (unpaired) electrons. The fraction of sp³-hybridized carbons (Fsp3) is 0.286. The molecule has 0 saturated heterocycles. The van der Waals surface area contributed by atoms with Crippen LogP contribution in [-0.4, -0.2) is 24.0 Å². The molecule has 5 heteroatoms. The average Bonchev–Trinajstić information content (AvgIpc) is 3.14. The van der Waals surface area contributed by atoms with Gasteiger partial charge in [-0.25, -0.2) is 0 Å². The molecule has 2 N–H and O–H groups in total. The first-order valence-corrected chi connectivity index (χ1v) is 9.93. The molecule has 1 amide bonds. The number of carbonyl (C=O) groups excluding carboxylic acids is 1. The molecule has 0 aliphatic carbocycles. The highest BCUT2D eigenvalue weighted by Gasteiger charge is 2.55. The second-order valence-electron chi connectivity index (χ2n) is 7.07. The molecule has 3 aromatic rings. The Morgan fingerprint density at radius 2 is 2.08 bits per heavy atom. The van der Waals surface area contributed by atoms with Gasteiger partial charge in [0.2, 0.25) is 0 Å². The fourth-order valence-corrected chi connectivity index (χ4v) is 4.93. The number of nitrogens with zero attached hydrogens (tertiary/aromatic N) is 1. The molecule has 5 rings (SSSR count). The second-order valence-corrected chi connectivity index (χ2v) is 7.98. The van der Waals surface area contributed by atoms with Gasteiger partial charge in [-0.2, -0.15) is 0 Å². The van der Waals surface area contributed by atoms with Crippen LogP contribution < -0.4 is 10.2 Å². The molecule has 4 nitrogen and oxygen atoms in total. The van der Waals surface area contributed by atoms with Gasteiger partial charge in [0.1, 0.15) is 0 Å². The van der Waals surface area contributed by atoms with Crippen molar-refractivity contribution in [2.24, 2.45) is 0 Å². The van der Waals surface area contributed by atoms with Gasteiger partial charge in [-0.15, -0.1) is 0 Å². The number of anilines is 1. The molecule has 0 unspecified atom stereocenters. The summed E-state index contributed by atoms with van der Waals surface area (Å²) in [5, 5.41) is 4.81. The standard InChI is InChI=1S/C21H20BrN3O/c1-2-11-25-18-8-7-13(22)12-16(18)21(20(25)26)19-15(9-10-23-21)14-5-3-4-6-17(14)24-19/h3-8,12,23-24H,2,9-11H2,1H3/t21-/m0/s1. The van der Waals surface area contributed by atoms with Crippen LogP contribution in [-0.2, 0) is 16.8 Å². The maximum atomic E-state index is 13.7. The molecule has 0 bridgehead atoms. The molecule has 3 heterocycles. The van der Waals surface area contributed by atoms with Crippen molar-refractivity contribution in [2.45, 2.75) is 25.3 Å². The van der Waals surface area contributed by atoms with Crippen LogP contribution in [0.4, 0.5) is 5.69 Å². The molecule has 1 spiro atoms. The number of aromatic nitrogens is 1. The van der Waals surface area contributed by atoms with Crippen LogP contribution in [0, 0.1) is 0 Å². The summed E-state index contributed by atoms with van der Waals surface area (Å²) in [5.74, 6) is 0.125. The van der Waals surface area contributed by atoms with Gasteiger partial charge in [-0.3, -0.25) is 10.1 Å². The van der Waals surface area contributed by atoms with Crippen molar-refractivity contribution in [1.29, 1.82) is 0 Å². The van der Waals surface area contributed by atoms with Gasteiger partial charge in [0.05, 0.1) is 5.69 Å². The summed E-state index contributed by atoms with van der Waals surface area (Å²) in [6.45, 7) is 3.62. The second kappa shape index (κ2) is 5.69. The third kappa shape index (κ3) is 1.96. The highest BCUT2D eigenvalue weighted by atomic mass is 79.9. The molecule has 132 valence electrons. The van der Waals surface area contributed by atoms with Gasteiger partial charge in [0, 0.05) is 39.7 Å². The van der Waals surface area contributed by atoms with E-state index in [1.165, 1.54) is 10.9 Å². The van der Waals surface area contributed by atoms with Crippen LogP contribution in [0.3, 0.4) is 0 Å². The van der Waals surface area contributed by atoms with Gasteiger partial charge >= 0.3 is 0 Å². The Kier molecular flexibility index (Phi) is 3.52. The minimum Gasteiger partial charge on any atom is -0.356 e. The Balaban J connectivity index is 1.83. The zero-order chi connectivity index (χ0) is 17.9. The van der Waals surface area contributed by atoms with E-state index in [4.69, 9.17) is 0 Å². The molecule has 0 fully saturated rings. The maximum Gasteiger partial charge on any atom is 0.258 e. The van der Waals surface area contributed by atoms with Crippen LogP contribution in [0.25, 0.3) is 10.9 Å². The van der Waals surface area contributed by atoms with Crippen molar-refractivity contribution in [3.63, 3.8) is 0 Å². The van der Waals surface area contributed by atoms with Crippen LogP contribution in [0.15, 0.2) is 46.9 Å². The zero-order valence-corrected chi connectivity index (χ0v) is 16.2. The van der Waals surface area contributed by atoms with Crippen molar-refractivity contribution in [2.75, 3.05) is 18.0 Å².